The van der Waals surface area contributed by atoms with Crippen LogP contribution >= 0.6 is 0 Å². The summed E-state index contributed by atoms with van der Waals surface area (Å²) in [6.45, 7) is 9.16. The van der Waals surface area contributed by atoms with Gasteiger partial charge in [-0.3, -0.25) is 0 Å². The van der Waals surface area contributed by atoms with Crippen LogP contribution in [0.5, 0.6) is 0 Å². The lowest BCUT2D eigenvalue weighted by Gasteiger charge is -2.45. The van der Waals surface area contributed by atoms with E-state index < -0.39 is 0 Å². The summed E-state index contributed by atoms with van der Waals surface area (Å²) in [4.78, 5) is 10.3. The summed E-state index contributed by atoms with van der Waals surface area (Å²) >= 11 is 0. The van der Waals surface area contributed by atoms with Gasteiger partial charge in [0.05, 0.1) is 22.7 Å². The molecule has 0 unspecified atom stereocenters. The molecule has 0 atom stereocenters. The van der Waals surface area contributed by atoms with Crippen molar-refractivity contribution in [2.75, 3.05) is 19.6 Å². The van der Waals surface area contributed by atoms with Gasteiger partial charge in [0, 0.05) is 78.2 Å². The van der Waals surface area contributed by atoms with Crippen LogP contribution in [0.4, 0.5) is 68.2 Å². The Morgan fingerprint density at radius 2 is 0.557 bits per heavy atom. The van der Waals surface area contributed by atoms with E-state index in [-0.39, 0.29) is 17.5 Å². The van der Waals surface area contributed by atoms with E-state index >= 15 is 0 Å². The first-order valence-corrected chi connectivity index (χ1v) is 40.2. The summed E-state index contributed by atoms with van der Waals surface area (Å²) in [6, 6.07) is 153. The highest BCUT2D eigenvalue weighted by molar-refractivity contribution is 7.00. The van der Waals surface area contributed by atoms with Gasteiger partial charge >= 0.3 is 0 Å². The summed E-state index contributed by atoms with van der Waals surface area (Å²) < 4.78 is 0. The Labute approximate surface area is 671 Å². The smallest absolute Gasteiger partial charge is 0.252 e. The zero-order valence-electron chi connectivity index (χ0n) is 64.5. The van der Waals surface area contributed by atoms with Crippen molar-refractivity contribution in [2.45, 2.75) is 38.5 Å². The topological polar surface area (TPSA) is 13.0 Å². The number of rotatable bonds is 15. The van der Waals surface area contributed by atoms with Crippen LogP contribution in [0.15, 0.2) is 406 Å². The quantitative estimate of drug-likeness (QED) is 0.0749. The lowest BCUT2D eigenvalue weighted by Crippen LogP contribution is -2.61. The summed E-state index contributed by atoms with van der Waals surface area (Å²) in [7, 11) is 0. The first-order valence-electron chi connectivity index (χ1n) is 40.2. The van der Waals surface area contributed by atoms with Crippen LogP contribution in [0.2, 0.25) is 0 Å². The van der Waals surface area contributed by atoms with Crippen LogP contribution in [0.3, 0.4) is 0 Å². The summed E-state index contributed by atoms with van der Waals surface area (Å²) in [5.41, 5.74) is 28.2. The number of hydrogen-bond donors (Lipinski definition) is 0. The fourth-order valence-corrected chi connectivity index (χ4v) is 19.4. The molecule has 22 rings (SSSR count). The zero-order chi connectivity index (χ0) is 76.6. The van der Waals surface area contributed by atoms with Gasteiger partial charge < -0.3 is 19.6 Å². The Kier molecular flexibility index (Phi) is 15.7. The molecule has 0 aromatic heterocycles. The molecule has 20 aromatic rings. The van der Waals surface area contributed by atoms with E-state index in [4.69, 9.17) is 0 Å². The van der Waals surface area contributed by atoms with Gasteiger partial charge in [0.2, 0.25) is 0 Å². The average Bonchev–Trinajstić information content (AvgIpc) is 0.684. The van der Waals surface area contributed by atoms with Crippen LogP contribution < -0.4 is 36.0 Å². The third kappa shape index (κ3) is 10.9. The van der Waals surface area contributed by atoms with Crippen LogP contribution in [0, 0.1) is 0 Å². The largest absolute Gasteiger partial charge is 0.311 e. The van der Waals surface area contributed by atoms with Gasteiger partial charge in [-0.15, -0.1) is 0 Å². The maximum absolute atomic E-state index is 2.63. The molecule has 2 heterocycles. The third-order valence-electron chi connectivity index (χ3n) is 25.2. The fourth-order valence-electron chi connectivity index (χ4n) is 19.4. The third-order valence-corrected chi connectivity index (χ3v) is 25.2. The Bertz CT molecular complexity index is 6710. The Hall–Kier alpha value is -14.3. The number of benzene rings is 20. The first-order chi connectivity index (χ1) is 56.6. The van der Waals surface area contributed by atoms with E-state index in [1.165, 1.54) is 103 Å². The number of nitrogens with zero attached hydrogens (tertiary/aromatic N) is 4. The molecule has 0 amide bonds. The molecule has 20 aromatic carbocycles. The molecule has 0 saturated carbocycles. The molecule has 0 radical (unpaired) electrons. The lowest BCUT2D eigenvalue weighted by atomic mass is 9.33. The minimum atomic E-state index is -0.254. The number of anilines is 12. The first kappa shape index (κ1) is 67.6. The molecule has 0 N–H and O–H groups in total. The molecule has 4 nitrogen and oxygen atoms in total. The zero-order valence-corrected chi connectivity index (χ0v) is 64.5. The standard InChI is InChI=1S/C110H79BN4/c1-109(2,82-36-18-8-19-37-82)84-64-77-50-48-75-54-62-98(92-58-52-79(66-84)104(77)106(75)92)112(86-40-22-10-23-41-86)88-56-60-94-100(70-88)114(96-46-28-26-44-90(96)73-32-14-6-15-33-73)102-68-81(72-30-12-5-13-31-72)69-103-108(102)111(94)95-61-57-89(71-101(95)115(103)97-47-29-27-45-91(97)74-34-16-7-17-35-74)113(87-42-24-11-25-43-87)99-63-55-76-49-51-78-65-85(110(3,4)83-38-20-9-21-39-83)67-80-53-59-93(99)107(76)105(78)80/h5-71H,1-4H3. The van der Waals surface area contributed by atoms with Gasteiger partial charge in [-0.2, -0.15) is 0 Å². The number of para-hydroxylation sites is 4. The van der Waals surface area contributed by atoms with Gasteiger partial charge in [0.25, 0.3) is 6.71 Å². The highest BCUT2D eigenvalue weighted by Crippen LogP contribution is 2.55. The molecule has 115 heavy (non-hydrogen) atoms. The predicted octanol–water partition coefficient (Wildman–Crippen LogP) is 28.2. The van der Waals surface area contributed by atoms with Crippen molar-refractivity contribution in [3.63, 3.8) is 0 Å². The minimum Gasteiger partial charge on any atom is -0.311 e. The van der Waals surface area contributed by atoms with Gasteiger partial charge in [0.15, 0.2) is 0 Å². The molecule has 5 heteroatoms. The average molecular weight is 1470 g/mol. The molecule has 542 valence electrons. The number of fused-ring (bicyclic) bond motifs is 4. The van der Waals surface area contributed by atoms with Crippen molar-refractivity contribution in [1.29, 1.82) is 0 Å². The van der Waals surface area contributed by atoms with Gasteiger partial charge in [-0.05, 0) is 200 Å². The second-order valence-electron chi connectivity index (χ2n) is 32.3. The van der Waals surface area contributed by atoms with Crippen LogP contribution in [0.1, 0.15) is 49.9 Å². The van der Waals surface area contributed by atoms with Gasteiger partial charge in [0.1, 0.15) is 0 Å². The molecule has 2 aliphatic heterocycles. The maximum atomic E-state index is 2.63. The summed E-state index contributed by atoms with van der Waals surface area (Å²) in [6.07, 6.45) is 0. The van der Waals surface area contributed by atoms with Crippen molar-refractivity contribution < 1.29 is 0 Å². The second kappa shape index (κ2) is 26.7. The van der Waals surface area contributed by atoms with Crippen LogP contribution in [-0.2, 0) is 10.8 Å². The van der Waals surface area contributed by atoms with Crippen molar-refractivity contribution in [2.24, 2.45) is 0 Å². The molecular weight excluding hydrogens is 1390 g/mol. The molecule has 0 aliphatic carbocycles. The normalized spacial score (nSPS) is 12.6. The molecule has 2 aliphatic rings. The van der Waals surface area contributed by atoms with E-state index in [1.54, 1.807) is 0 Å². The molecule has 0 spiro atoms. The van der Waals surface area contributed by atoms with E-state index in [1.807, 2.05) is 0 Å². The van der Waals surface area contributed by atoms with E-state index in [9.17, 15) is 0 Å². The van der Waals surface area contributed by atoms with E-state index in [0.29, 0.717) is 0 Å². The summed E-state index contributed by atoms with van der Waals surface area (Å²) in [5.74, 6) is 0. The minimum absolute atomic E-state index is 0.214. The van der Waals surface area contributed by atoms with Gasteiger partial charge in [-0.25, -0.2) is 0 Å². The van der Waals surface area contributed by atoms with E-state index in [0.717, 1.165) is 102 Å². The van der Waals surface area contributed by atoms with Crippen molar-refractivity contribution >= 4 is 156 Å². The fraction of sp³-hybridized carbons (Fsp3) is 0.0545. The van der Waals surface area contributed by atoms with Crippen molar-refractivity contribution in [3.8, 4) is 33.4 Å². The van der Waals surface area contributed by atoms with Gasteiger partial charge in [-0.1, -0.05) is 349 Å². The highest BCUT2D eigenvalue weighted by Gasteiger charge is 2.45. The highest BCUT2D eigenvalue weighted by atomic mass is 15.2. The molecule has 0 bridgehead atoms. The maximum Gasteiger partial charge on any atom is 0.252 e. The van der Waals surface area contributed by atoms with Crippen LogP contribution in [0.25, 0.3) is 98.0 Å². The van der Waals surface area contributed by atoms with E-state index in [2.05, 4.69) is 454 Å². The lowest BCUT2D eigenvalue weighted by molar-refractivity contribution is 0.642. The summed E-state index contributed by atoms with van der Waals surface area (Å²) in [5, 5.41) is 14.9. The monoisotopic (exact) mass is 1470 g/mol. The molecule has 0 saturated heterocycles. The Balaban J connectivity index is 0.798. The van der Waals surface area contributed by atoms with Crippen LogP contribution in [-0.4, -0.2) is 6.71 Å². The van der Waals surface area contributed by atoms with Crippen molar-refractivity contribution in [1.82, 2.24) is 0 Å². The van der Waals surface area contributed by atoms with Crippen molar-refractivity contribution in [3.05, 3.63) is 429 Å². The SMILES string of the molecule is CC(C)(c1ccccc1)c1cc2ccc3ccc(N(c4ccccc4)c4ccc5c(c4)N(c4ccccc4-c4ccccc4)c4cc(-c6ccccc6)cc6c4B5c4ccc(N(c5ccccc5)c5ccc7ccc8cc(C(C)(C)c9ccccc9)cc9ccc5c7c89)cc4N6c4ccccc4-c4ccccc4)c4ccc(c1)c2c34. The second-order valence-corrected chi connectivity index (χ2v) is 32.3. The predicted molar refractivity (Wildman–Crippen MR) is 491 cm³/mol. The number of hydrogen-bond acceptors (Lipinski definition) is 4. The Morgan fingerprint density at radius 3 is 0.957 bits per heavy atom. The Morgan fingerprint density at radius 1 is 0.226 bits per heavy atom. The molecule has 0 fully saturated rings. The molecular formula is C110H79BN4.